The molecule has 1 aromatic rings. The molecule has 0 atom stereocenters. The Labute approximate surface area is 146 Å². The van der Waals surface area contributed by atoms with E-state index in [2.05, 4.69) is 15.2 Å². The van der Waals surface area contributed by atoms with Crippen LogP contribution in [0.3, 0.4) is 0 Å². The highest BCUT2D eigenvalue weighted by molar-refractivity contribution is 8.13. The first-order chi connectivity index (χ1) is 11.7. The summed E-state index contributed by atoms with van der Waals surface area (Å²) in [5, 5.41) is 11.8. The topological polar surface area (TPSA) is 77.7 Å². The van der Waals surface area contributed by atoms with Gasteiger partial charge in [0.25, 0.3) is 0 Å². The summed E-state index contributed by atoms with van der Waals surface area (Å²) in [6.07, 6.45) is 5.38. The number of ether oxygens (including phenoxy) is 1. The maximum Gasteiger partial charge on any atom is 0.309 e. The molecule has 0 aliphatic carbocycles. The summed E-state index contributed by atoms with van der Waals surface area (Å²) in [5.41, 5.74) is 1.92. The highest BCUT2D eigenvalue weighted by atomic mass is 32.2. The fourth-order valence-electron chi connectivity index (χ4n) is 2.66. The third-order valence-corrected chi connectivity index (χ3v) is 4.50. The van der Waals surface area contributed by atoms with Crippen molar-refractivity contribution in [1.82, 2.24) is 5.32 Å². The van der Waals surface area contributed by atoms with Crippen LogP contribution in [-0.4, -0.2) is 37.1 Å². The molecule has 0 saturated carbocycles. The smallest absolute Gasteiger partial charge is 0.309 e. The summed E-state index contributed by atoms with van der Waals surface area (Å²) in [6.45, 7) is 3.97. The largest absolute Gasteiger partial charge is 0.466 e. The van der Waals surface area contributed by atoms with Gasteiger partial charge in [-0.2, -0.15) is 5.26 Å². The Morgan fingerprint density at radius 1 is 1.42 bits per heavy atom. The first kappa shape index (κ1) is 18.1. The van der Waals surface area contributed by atoms with E-state index in [0.717, 1.165) is 37.3 Å². The fraction of sp³-hybridized carbons (Fsp3) is 0.471. The summed E-state index contributed by atoms with van der Waals surface area (Å²) in [5.74, 6) is -0.0531. The van der Waals surface area contributed by atoms with Gasteiger partial charge < -0.3 is 9.64 Å². The lowest BCUT2D eigenvalue weighted by Crippen LogP contribution is -2.36. The summed E-state index contributed by atoms with van der Waals surface area (Å²) in [6, 6.07) is 7.91. The molecular weight excluding hydrogens is 324 g/mol. The van der Waals surface area contributed by atoms with Crippen LogP contribution in [0.25, 0.3) is 0 Å². The molecule has 1 aromatic carbocycles. The highest BCUT2D eigenvalue weighted by Crippen LogP contribution is 2.26. The molecule has 0 unspecified atom stereocenters. The lowest BCUT2D eigenvalue weighted by Gasteiger charge is -2.32. The number of carbonyl (C=O) groups is 1. The Hall–Kier alpha value is -2.20. The van der Waals surface area contributed by atoms with Crippen LogP contribution in [0, 0.1) is 17.4 Å². The van der Waals surface area contributed by atoms with E-state index in [9.17, 15) is 4.79 Å². The second-order valence-electron chi connectivity index (χ2n) is 5.39. The van der Waals surface area contributed by atoms with E-state index in [1.54, 1.807) is 0 Å². The monoisotopic (exact) mass is 346 g/mol. The third-order valence-electron chi connectivity index (χ3n) is 3.92. The van der Waals surface area contributed by atoms with Crippen molar-refractivity contribution in [2.24, 2.45) is 10.9 Å². The molecule has 1 aliphatic rings. The van der Waals surface area contributed by atoms with Crippen LogP contribution in [-0.2, 0) is 9.53 Å². The van der Waals surface area contributed by atoms with Gasteiger partial charge in [-0.15, -0.1) is 0 Å². The molecule has 1 fully saturated rings. The van der Waals surface area contributed by atoms with Crippen molar-refractivity contribution >= 4 is 34.3 Å². The maximum atomic E-state index is 11.8. The van der Waals surface area contributed by atoms with Gasteiger partial charge in [0.1, 0.15) is 0 Å². The Morgan fingerprint density at radius 2 is 2.08 bits per heavy atom. The van der Waals surface area contributed by atoms with Crippen LogP contribution >= 0.6 is 11.8 Å². The molecule has 0 amide bonds. The molecule has 6 nitrogen and oxygen atoms in total. The zero-order valence-electron chi connectivity index (χ0n) is 14.0. The van der Waals surface area contributed by atoms with Gasteiger partial charge in [0.2, 0.25) is 0 Å². The molecule has 0 aromatic heterocycles. The number of hydrogen-bond donors (Lipinski definition) is 1. The number of nitrogens with zero attached hydrogens (tertiary/aromatic N) is 3. The van der Waals surface area contributed by atoms with Crippen molar-refractivity contribution in [3.05, 3.63) is 24.3 Å². The van der Waals surface area contributed by atoms with Gasteiger partial charge in [0, 0.05) is 18.8 Å². The number of hydrogen-bond acceptors (Lipinski definition) is 6. The molecule has 0 radical (unpaired) electrons. The lowest BCUT2D eigenvalue weighted by molar-refractivity contribution is -0.148. The average Bonchev–Trinajstić information content (AvgIpc) is 2.62. The van der Waals surface area contributed by atoms with Crippen LogP contribution in [0.15, 0.2) is 29.3 Å². The van der Waals surface area contributed by atoms with Crippen molar-refractivity contribution in [3.8, 4) is 6.19 Å². The van der Waals surface area contributed by atoms with E-state index in [-0.39, 0.29) is 11.9 Å². The van der Waals surface area contributed by atoms with Crippen LogP contribution in [0.2, 0.25) is 0 Å². The standard InChI is InChI=1S/C17H22N4O2S/c1-3-23-16(22)13-8-10-21(11-9-13)15-6-4-14(5-7-15)20-17(24-2)19-12-18/h4-7,13H,3,8-11H2,1-2H3,(H,19,20). The predicted molar refractivity (Wildman–Crippen MR) is 97.4 cm³/mol. The van der Waals surface area contributed by atoms with Gasteiger partial charge in [0.05, 0.1) is 18.2 Å². The van der Waals surface area contributed by atoms with E-state index in [0.29, 0.717) is 11.8 Å². The highest BCUT2D eigenvalue weighted by Gasteiger charge is 2.25. The number of thioether (sulfide) groups is 1. The van der Waals surface area contributed by atoms with Crippen molar-refractivity contribution in [3.63, 3.8) is 0 Å². The molecular formula is C17H22N4O2S. The van der Waals surface area contributed by atoms with Gasteiger partial charge >= 0.3 is 5.97 Å². The number of amidine groups is 1. The number of esters is 1. The lowest BCUT2D eigenvalue weighted by atomic mass is 9.96. The van der Waals surface area contributed by atoms with Crippen molar-refractivity contribution in [2.75, 3.05) is 30.9 Å². The zero-order valence-corrected chi connectivity index (χ0v) is 14.8. The van der Waals surface area contributed by atoms with Crippen molar-refractivity contribution in [2.45, 2.75) is 19.8 Å². The van der Waals surface area contributed by atoms with Crippen molar-refractivity contribution < 1.29 is 9.53 Å². The molecule has 1 heterocycles. The van der Waals surface area contributed by atoms with Gasteiger partial charge in [-0.3, -0.25) is 10.1 Å². The quantitative estimate of drug-likeness (QED) is 0.297. The normalized spacial score (nSPS) is 15.7. The number of aliphatic imine (C=N–C) groups is 1. The van der Waals surface area contributed by atoms with Crippen LogP contribution in [0.4, 0.5) is 11.4 Å². The van der Waals surface area contributed by atoms with E-state index in [4.69, 9.17) is 10.00 Å². The van der Waals surface area contributed by atoms with E-state index < -0.39 is 0 Å². The number of rotatable bonds is 4. The third kappa shape index (κ3) is 4.90. The minimum absolute atomic E-state index is 0.0197. The van der Waals surface area contributed by atoms with Gasteiger partial charge in [-0.25, -0.2) is 4.99 Å². The number of nitriles is 1. The van der Waals surface area contributed by atoms with Crippen LogP contribution in [0.5, 0.6) is 0 Å². The Kier molecular flexibility index (Phi) is 6.94. The zero-order chi connectivity index (χ0) is 17.4. The summed E-state index contributed by atoms with van der Waals surface area (Å²) in [4.78, 5) is 18.4. The maximum absolute atomic E-state index is 11.8. The Morgan fingerprint density at radius 3 is 2.62 bits per heavy atom. The average molecular weight is 346 g/mol. The van der Waals surface area contributed by atoms with Gasteiger partial charge in [0.15, 0.2) is 11.4 Å². The number of benzene rings is 1. The predicted octanol–water partition coefficient (Wildman–Crippen LogP) is 2.89. The number of nitrogens with one attached hydrogen (secondary N) is 1. The van der Waals surface area contributed by atoms with Crippen LogP contribution in [0.1, 0.15) is 19.8 Å². The molecule has 0 bridgehead atoms. The van der Waals surface area contributed by atoms with E-state index in [1.165, 1.54) is 11.8 Å². The molecule has 1 saturated heterocycles. The molecule has 7 heteroatoms. The minimum Gasteiger partial charge on any atom is -0.466 e. The molecule has 2 rings (SSSR count). The molecule has 128 valence electrons. The SMILES string of the molecule is CCOC(=O)C1CCN(c2ccc(N=C(NC#N)SC)cc2)CC1. The summed E-state index contributed by atoms with van der Waals surface area (Å²) >= 11 is 1.39. The van der Waals surface area contributed by atoms with Crippen LogP contribution < -0.4 is 10.2 Å². The summed E-state index contributed by atoms with van der Waals surface area (Å²) in [7, 11) is 0. The first-order valence-corrected chi connectivity index (χ1v) is 9.19. The second-order valence-corrected chi connectivity index (χ2v) is 6.18. The number of carbonyl (C=O) groups excluding carboxylic acids is 1. The first-order valence-electron chi connectivity index (χ1n) is 7.97. The van der Waals surface area contributed by atoms with Gasteiger partial charge in [-0.1, -0.05) is 11.8 Å². The molecule has 1 N–H and O–H groups in total. The number of piperidine rings is 1. The fourth-order valence-corrected chi connectivity index (χ4v) is 3.01. The molecule has 0 spiro atoms. The number of anilines is 1. The van der Waals surface area contributed by atoms with Gasteiger partial charge in [-0.05, 0) is 50.3 Å². The van der Waals surface area contributed by atoms with E-state index in [1.807, 2.05) is 43.6 Å². The summed E-state index contributed by atoms with van der Waals surface area (Å²) < 4.78 is 5.10. The minimum atomic E-state index is -0.0728. The van der Waals surface area contributed by atoms with Crippen molar-refractivity contribution in [1.29, 1.82) is 5.26 Å². The Bertz CT molecular complexity index is 616. The van der Waals surface area contributed by atoms with E-state index >= 15 is 0 Å². The molecule has 24 heavy (non-hydrogen) atoms. The molecule has 1 aliphatic heterocycles. The Balaban J connectivity index is 1.95. The second kappa shape index (κ2) is 9.18.